The molecule has 150 valence electrons. The van der Waals surface area contributed by atoms with Gasteiger partial charge in [0.2, 0.25) is 0 Å². The lowest BCUT2D eigenvalue weighted by Gasteiger charge is -2.61. The van der Waals surface area contributed by atoms with Crippen LogP contribution in [0, 0.1) is 40.4 Å². The molecule has 0 aromatic heterocycles. The Morgan fingerprint density at radius 2 is 1.58 bits per heavy atom. The number of hydrogen-bond donors (Lipinski definition) is 2. The van der Waals surface area contributed by atoms with Crippen LogP contribution in [0.2, 0.25) is 0 Å². The number of rotatable bonds is 5. The molecule has 4 fully saturated rings. The van der Waals surface area contributed by atoms with Crippen molar-refractivity contribution in [1.82, 2.24) is 0 Å². The summed E-state index contributed by atoms with van der Waals surface area (Å²) in [7, 11) is 0. The zero-order chi connectivity index (χ0) is 18.4. The molecule has 4 saturated carbocycles. The maximum atomic E-state index is 10.2. The largest absolute Gasteiger partial charge is 0.396 e. The molecule has 0 aromatic carbocycles. The first-order chi connectivity index (χ1) is 12.5. The van der Waals surface area contributed by atoms with Crippen molar-refractivity contribution in [3.8, 4) is 0 Å². The SMILES string of the molecule is CC12CCC3[C@@H](CCC4C[C@@H](O)CC[C@@]43C)C1CC[C@@H]2CCCCCO. The second-order valence-electron chi connectivity index (χ2n) is 11.0. The van der Waals surface area contributed by atoms with E-state index < -0.39 is 0 Å². The lowest BCUT2D eigenvalue weighted by atomic mass is 9.44. The third-order valence-electron chi connectivity index (χ3n) is 10.0. The fourth-order valence-corrected chi connectivity index (χ4v) is 8.50. The lowest BCUT2D eigenvalue weighted by molar-refractivity contribution is -0.127. The molecule has 2 nitrogen and oxygen atoms in total. The Labute approximate surface area is 161 Å². The zero-order valence-electron chi connectivity index (χ0n) is 17.3. The van der Waals surface area contributed by atoms with Crippen LogP contribution in [-0.2, 0) is 0 Å². The van der Waals surface area contributed by atoms with Crippen molar-refractivity contribution >= 4 is 0 Å². The van der Waals surface area contributed by atoms with E-state index in [2.05, 4.69) is 13.8 Å². The van der Waals surface area contributed by atoms with Gasteiger partial charge in [-0.2, -0.15) is 0 Å². The first kappa shape index (κ1) is 19.2. The number of hydrogen-bond acceptors (Lipinski definition) is 2. The van der Waals surface area contributed by atoms with Crippen molar-refractivity contribution in [2.45, 2.75) is 103 Å². The van der Waals surface area contributed by atoms with Gasteiger partial charge >= 0.3 is 0 Å². The lowest BCUT2D eigenvalue weighted by Crippen LogP contribution is -2.53. The van der Waals surface area contributed by atoms with E-state index in [1.807, 2.05) is 0 Å². The molecular weight excluding hydrogens is 320 g/mol. The standard InChI is InChI=1S/C24H42O2/c1-23-14-12-22-20(9-7-18-16-19(26)11-13-24(18,22)2)21(23)10-8-17(23)6-4-3-5-15-25/h17-22,25-26H,3-16H2,1-2H3/t17-,18?,19-,20-,21?,22?,23?,24-/m0/s1. The molecule has 8 atom stereocenters. The predicted octanol–water partition coefficient (Wildman–Crippen LogP) is 5.56. The normalized spacial score (nSPS) is 50.8. The molecular formula is C24H42O2. The molecule has 0 amide bonds. The van der Waals surface area contributed by atoms with Crippen molar-refractivity contribution < 1.29 is 10.2 Å². The van der Waals surface area contributed by atoms with Gasteiger partial charge < -0.3 is 10.2 Å². The Bertz CT molecular complexity index is 491. The molecule has 0 aromatic rings. The van der Waals surface area contributed by atoms with Gasteiger partial charge in [-0.25, -0.2) is 0 Å². The first-order valence-electron chi connectivity index (χ1n) is 11.8. The molecule has 0 saturated heterocycles. The van der Waals surface area contributed by atoms with Gasteiger partial charge in [-0.3, -0.25) is 0 Å². The van der Waals surface area contributed by atoms with Gasteiger partial charge in [0.15, 0.2) is 0 Å². The predicted molar refractivity (Wildman–Crippen MR) is 107 cm³/mol. The van der Waals surface area contributed by atoms with Crippen LogP contribution < -0.4 is 0 Å². The maximum absolute atomic E-state index is 10.2. The summed E-state index contributed by atoms with van der Waals surface area (Å²) < 4.78 is 0. The third-order valence-corrected chi connectivity index (χ3v) is 10.0. The van der Waals surface area contributed by atoms with Crippen LogP contribution in [0.5, 0.6) is 0 Å². The molecule has 0 heterocycles. The fourth-order valence-electron chi connectivity index (χ4n) is 8.50. The van der Waals surface area contributed by atoms with E-state index in [9.17, 15) is 5.11 Å². The van der Waals surface area contributed by atoms with Crippen LogP contribution in [0.3, 0.4) is 0 Å². The van der Waals surface area contributed by atoms with E-state index in [1.165, 1.54) is 64.2 Å². The minimum atomic E-state index is -0.0201. The van der Waals surface area contributed by atoms with Gasteiger partial charge in [-0.1, -0.05) is 26.7 Å². The number of aliphatic hydroxyl groups excluding tert-OH is 2. The number of aliphatic hydroxyl groups is 2. The molecule has 4 rings (SSSR count). The minimum absolute atomic E-state index is 0.0201. The molecule has 4 aliphatic carbocycles. The quantitative estimate of drug-likeness (QED) is 0.629. The van der Waals surface area contributed by atoms with Gasteiger partial charge in [0.05, 0.1) is 6.10 Å². The molecule has 0 radical (unpaired) electrons. The Balaban J connectivity index is 1.46. The van der Waals surface area contributed by atoms with E-state index in [4.69, 9.17) is 5.11 Å². The average molecular weight is 363 g/mol. The Kier molecular flexibility index (Phi) is 5.47. The summed E-state index contributed by atoms with van der Waals surface area (Å²) >= 11 is 0. The van der Waals surface area contributed by atoms with Crippen LogP contribution in [-0.4, -0.2) is 22.9 Å². The molecule has 0 aliphatic heterocycles. The second kappa shape index (κ2) is 7.39. The van der Waals surface area contributed by atoms with Crippen LogP contribution >= 0.6 is 0 Å². The summed E-state index contributed by atoms with van der Waals surface area (Å²) in [4.78, 5) is 0. The van der Waals surface area contributed by atoms with Crippen molar-refractivity contribution in [3.63, 3.8) is 0 Å². The summed E-state index contributed by atoms with van der Waals surface area (Å²) in [5, 5.41) is 19.2. The Hall–Kier alpha value is -0.0800. The highest BCUT2D eigenvalue weighted by atomic mass is 16.3. The summed E-state index contributed by atoms with van der Waals surface area (Å²) in [5.74, 6) is 4.58. The van der Waals surface area contributed by atoms with Crippen LogP contribution in [0.4, 0.5) is 0 Å². The van der Waals surface area contributed by atoms with E-state index in [0.717, 1.165) is 48.9 Å². The molecule has 2 N–H and O–H groups in total. The highest BCUT2D eigenvalue weighted by molar-refractivity contribution is 5.09. The van der Waals surface area contributed by atoms with Crippen molar-refractivity contribution in [1.29, 1.82) is 0 Å². The van der Waals surface area contributed by atoms with Gasteiger partial charge in [-0.05, 0) is 111 Å². The van der Waals surface area contributed by atoms with Crippen molar-refractivity contribution in [3.05, 3.63) is 0 Å². The van der Waals surface area contributed by atoms with Gasteiger partial charge in [-0.15, -0.1) is 0 Å². The first-order valence-corrected chi connectivity index (χ1v) is 11.8. The highest BCUT2D eigenvalue weighted by Crippen LogP contribution is 2.67. The summed E-state index contributed by atoms with van der Waals surface area (Å²) in [6.45, 7) is 5.61. The summed E-state index contributed by atoms with van der Waals surface area (Å²) in [6.07, 6.45) is 17.0. The Morgan fingerprint density at radius 3 is 2.38 bits per heavy atom. The monoisotopic (exact) mass is 362 g/mol. The molecule has 0 bridgehead atoms. The molecule has 4 unspecified atom stereocenters. The van der Waals surface area contributed by atoms with Gasteiger partial charge in [0, 0.05) is 6.61 Å². The van der Waals surface area contributed by atoms with Gasteiger partial charge in [0.25, 0.3) is 0 Å². The Morgan fingerprint density at radius 1 is 0.808 bits per heavy atom. The zero-order valence-corrected chi connectivity index (χ0v) is 17.3. The minimum Gasteiger partial charge on any atom is -0.396 e. The van der Waals surface area contributed by atoms with E-state index in [-0.39, 0.29) is 6.10 Å². The van der Waals surface area contributed by atoms with Crippen LogP contribution in [0.15, 0.2) is 0 Å². The summed E-state index contributed by atoms with van der Waals surface area (Å²) in [6, 6.07) is 0. The fraction of sp³-hybridized carbons (Fsp3) is 1.00. The maximum Gasteiger partial charge on any atom is 0.0543 e. The number of fused-ring (bicyclic) bond motifs is 5. The van der Waals surface area contributed by atoms with E-state index in [0.29, 0.717) is 17.4 Å². The molecule has 26 heavy (non-hydrogen) atoms. The van der Waals surface area contributed by atoms with Crippen LogP contribution in [0.25, 0.3) is 0 Å². The van der Waals surface area contributed by atoms with E-state index >= 15 is 0 Å². The smallest absolute Gasteiger partial charge is 0.0543 e. The average Bonchev–Trinajstić information content (AvgIpc) is 2.96. The van der Waals surface area contributed by atoms with Crippen molar-refractivity contribution in [2.24, 2.45) is 40.4 Å². The highest BCUT2D eigenvalue weighted by Gasteiger charge is 2.59. The molecule has 2 heteroatoms. The van der Waals surface area contributed by atoms with Gasteiger partial charge in [0.1, 0.15) is 0 Å². The van der Waals surface area contributed by atoms with E-state index in [1.54, 1.807) is 0 Å². The third kappa shape index (κ3) is 3.08. The topological polar surface area (TPSA) is 40.5 Å². The molecule has 4 aliphatic rings. The van der Waals surface area contributed by atoms with Crippen LogP contribution in [0.1, 0.15) is 97.3 Å². The molecule has 0 spiro atoms. The van der Waals surface area contributed by atoms with Crippen molar-refractivity contribution in [2.75, 3.05) is 6.61 Å². The number of unbranched alkanes of at least 4 members (excludes halogenated alkanes) is 2. The summed E-state index contributed by atoms with van der Waals surface area (Å²) in [5.41, 5.74) is 1.11. The second-order valence-corrected chi connectivity index (χ2v) is 11.0.